The van der Waals surface area contributed by atoms with Crippen LogP contribution in [0, 0.1) is 5.82 Å². The highest BCUT2D eigenvalue weighted by Gasteiger charge is 2.08. The molecule has 0 unspecified atom stereocenters. The van der Waals surface area contributed by atoms with Crippen molar-refractivity contribution in [2.75, 3.05) is 0 Å². The van der Waals surface area contributed by atoms with E-state index in [-0.39, 0.29) is 5.82 Å². The van der Waals surface area contributed by atoms with Crippen LogP contribution in [0.5, 0.6) is 0 Å². The summed E-state index contributed by atoms with van der Waals surface area (Å²) >= 11 is 6.03. The van der Waals surface area contributed by atoms with Crippen LogP contribution in [-0.2, 0) is 6.67 Å². The van der Waals surface area contributed by atoms with Gasteiger partial charge in [0.25, 0.3) is 0 Å². The van der Waals surface area contributed by atoms with Gasteiger partial charge in [-0.05, 0) is 17.7 Å². The first kappa shape index (κ1) is 11.1. The number of hydrogen-bond acceptors (Lipinski definition) is 0. The Morgan fingerprint density at radius 2 is 1.81 bits per heavy atom. The van der Waals surface area contributed by atoms with Crippen LogP contribution in [-0.4, -0.2) is 0 Å². The van der Waals surface area contributed by atoms with Crippen molar-refractivity contribution < 1.29 is 8.78 Å². The van der Waals surface area contributed by atoms with Crippen molar-refractivity contribution in [3.63, 3.8) is 0 Å². The summed E-state index contributed by atoms with van der Waals surface area (Å²) in [6.07, 6.45) is 0. The lowest BCUT2D eigenvalue weighted by Crippen LogP contribution is -1.86. The molecule has 0 aromatic heterocycles. The molecule has 0 amide bonds. The maximum absolute atomic E-state index is 13.0. The van der Waals surface area contributed by atoms with Crippen molar-refractivity contribution >= 4 is 11.6 Å². The Balaban J connectivity index is 2.56. The third-order valence-corrected chi connectivity index (χ3v) is 2.80. The monoisotopic (exact) mass is 238 g/mol. The minimum atomic E-state index is -0.623. The Bertz CT molecular complexity index is 509. The van der Waals surface area contributed by atoms with E-state index in [0.29, 0.717) is 21.7 Å². The molecular weight excluding hydrogens is 230 g/mol. The summed E-state index contributed by atoms with van der Waals surface area (Å²) in [6.45, 7) is -0.623. The maximum atomic E-state index is 13.0. The molecule has 0 aliphatic carbocycles. The topological polar surface area (TPSA) is 0 Å². The van der Waals surface area contributed by atoms with Gasteiger partial charge in [0.05, 0.1) is 5.02 Å². The molecule has 2 rings (SSSR count). The number of rotatable bonds is 2. The second-order valence-electron chi connectivity index (χ2n) is 3.42. The van der Waals surface area contributed by atoms with Gasteiger partial charge in [-0.25, -0.2) is 8.78 Å². The van der Waals surface area contributed by atoms with Gasteiger partial charge in [0.1, 0.15) is 12.5 Å². The summed E-state index contributed by atoms with van der Waals surface area (Å²) in [4.78, 5) is 0. The van der Waals surface area contributed by atoms with Gasteiger partial charge in [-0.1, -0.05) is 41.9 Å². The first-order valence-electron chi connectivity index (χ1n) is 4.81. The van der Waals surface area contributed by atoms with Gasteiger partial charge in [-0.3, -0.25) is 0 Å². The van der Waals surface area contributed by atoms with Crippen molar-refractivity contribution in [1.29, 1.82) is 0 Å². The first-order chi connectivity index (χ1) is 7.72. The molecule has 0 heterocycles. The SMILES string of the molecule is FCc1cccc(-c2cccc(F)c2)c1Cl. The lowest BCUT2D eigenvalue weighted by atomic mass is 10.0. The Hall–Kier alpha value is -1.41. The Kier molecular flexibility index (Phi) is 3.20. The van der Waals surface area contributed by atoms with Crippen LogP contribution in [0.15, 0.2) is 42.5 Å². The van der Waals surface area contributed by atoms with Crippen LogP contribution < -0.4 is 0 Å². The molecule has 16 heavy (non-hydrogen) atoms. The molecule has 0 atom stereocenters. The second kappa shape index (κ2) is 4.62. The molecule has 0 fully saturated rings. The smallest absolute Gasteiger partial charge is 0.123 e. The highest BCUT2D eigenvalue weighted by atomic mass is 35.5. The fourth-order valence-corrected chi connectivity index (χ4v) is 1.85. The van der Waals surface area contributed by atoms with Crippen molar-refractivity contribution in [3.8, 4) is 11.1 Å². The van der Waals surface area contributed by atoms with Crippen LogP contribution in [0.4, 0.5) is 8.78 Å². The largest absolute Gasteiger partial charge is 0.246 e. The van der Waals surface area contributed by atoms with E-state index >= 15 is 0 Å². The van der Waals surface area contributed by atoms with Gasteiger partial charge >= 0.3 is 0 Å². The normalized spacial score (nSPS) is 10.4. The lowest BCUT2D eigenvalue weighted by molar-refractivity contribution is 0.485. The zero-order valence-corrected chi connectivity index (χ0v) is 9.14. The predicted octanol–water partition coefficient (Wildman–Crippen LogP) is 4.62. The van der Waals surface area contributed by atoms with Gasteiger partial charge < -0.3 is 0 Å². The summed E-state index contributed by atoms with van der Waals surface area (Å²) in [6, 6.07) is 11.2. The van der Waals surface area contributed by atoms with E-state index in [1.807, 2.05) is 0 Å². The zero-order chi connectivity index (χ0) is 11.5. The maximum Gasteiger partial charge on any atom is 0.123 e. The molecule has 0 aliphatic rings. The van der Waals surface area contributed by atoms with Gasteiger partial charge in [0, 0.05) is 11.1 Å². The molecule has 2 aromatic rings. The summed E-state index contributed by atoms with van der Waals surface area (Å²) in [5.74, 6) is -0.334. The van der Waals surface area contributed by atoms with E-state index in [9.17, 15) is 8.78 Å². The average Bonchev–Trinajstić information content (AvgIpc) is 2.29. The molecule has 2 aromatic carbocycles. The molecule has 0 spiro atoms. The zero-order valence-electron chi connectivity index (χ0n) is 8.38. The van der Waals surface area contributed by atoms with Gasteiger partial charge in [-0.2, -0.15) is 0 Å². The van der Waals surface area contributed by atoms with Crippen LogP contribution in [0.25, 0.3) is 11.1 Å². The molecular formula is C13H9ClF2. The van der Waals surface area contributed by atoms with Crippen LogP contribution in [0.2, 0.25) is 5.02 Å². The first-order valence-corrected chi connectivity index (χ1v) is 5.19. The van der Waals surface area contributed by atoms with Crippen LogP contribution in [0.3, 0.4) is 0 Å². The van der Waals surface area contributed by atoms with E-state index in [2.05, 4.69) is 0 Å². The summed E-state index contributed by atoms with van der Waals surface area (Å²) in [7, 11) is 0. The van der Waals surface area contributed by atoms with E-state index in [1.165, 1.54) is 12.1 Å². The van der Waals surface area contributed by atoms with Gasteiger partial charge in [0.2, 0.25) is 0 Å². The third kappa shape index (κ3) is 2.07. The van der Waals surface area contributed by atoms with Crippen molar-refractivity contribution in [3.05, 3.63) is 58.9 Å². The highest BCUT2D eigenvalue weighted by molar-refractivity contribution is 6.34. The van der Waals surface area contributed by atoms with E-state index in [0.717, 1.165) is 0 Å². The molecule has 0 radical (unpaired) electrons. The average molecular weight is 239 g/mol. The molecule has 0 nitrogen and oxygen atoms in total. The standard InChI is InChI=1S/C13H9ClF2/c14-13-10(8-15)4-2-6-12(13)9-3-1-5-11(16)7-9/h1-7H,8H2. The summed E-state index contributed by atoms with van der Waals surface area (Å²) < 4.78 is 25.7. The van der Waals surface area contributed by atoms with Crippen molar-refractivity contribution in [2.24, 2.45) is 0 Å². The van der Waals surface area contributed by atoms with Crippen LogP contribution in [0.1, 0.15) is 5.56 Å². The fourth-order valence-electron chi connectivity index (χ4n) is 1.56. The summed E-state index contributed by atoms with van der Waals surface area (Å²) in [5, 5.41) is 0.343. The second-order valence-corrected chi connectivity index (χ2v) is 3.80. The predicted molar refractivity (Wildman–Crippen MR) is 61.7 cm³/mol. The molecule has 82 valence electrons. The quantitative estimate of drug-likeness (QED) is 0.716. The highest BCUT2D eigenvalue weighted by Crippen LogP contribution is 2.31. The minimum Gasteiger partial charge on any atom is -0.246 e. The third-order valence-electron chi connectivity index (χ3n) is 2.36. The van der Waals surface area contributed by atoms with E-state index in [4.69, 9.17) is 11.6 Å². The Morgan fingerprint density at radius 1 is 1.06 bits per heavy atom. The Morgan fingerprint density at radius 3 is 2.50 bits per heavy atom. The van der Waals surface area contributed by atoms with Crippen molar-refractivity contribution in [1.82, 2.24) is 0 Å². The fraction of sp³-hybridized carbons (Fsp3) is 0.0769. The van der Waals surface area contributed by atoms with Crippen LogP contribution >= 0.6 is 11.6 Å². The van der Waals surface area contributed by atoms with E-state index < -0.39 is 6.67 Å². The number of alkyl halides is 1. The molecule has 0 saturated carbocycles. The number of hydrogen-bond donors (Lipinski definition) is 0. The van der Waals surface area contributed by atoms with Crippen molar-refractivity contribution in [2.45, 2.75) is 6.67 Å². The molecule has 3 heteroatoms. The van der Waals surface area contributed by atoms with Gasteiger partial charge in [0.15, 0.2) is 0 Å². The Labute approximate surface area is 97.5 Å². The lowest BCUT2D eigenvalue weighted by Gasteiger charge is -2.07. The molecule has 0 N–H and O–H groups in total. The van der Waals surface area contributed by atoms with E-state index in [1.54, 1.807) is 30.3 Å². The molecule has 0 saturated heterocycles. The minimum absolute atomic E-state index is 0.334. The summed E-state index contributed by atoms with van der Waals surface area (Å²) in [5.41, 5.74) is 1.72. The number of halogens is 3. The molecule has 0 aliphatic heterocycles. The molecule has 0 bridgehead atoms. The number of benzene rings is 2. The van der Waals surface area contributed by atoms with Gasteiger partial charge in [-0.15, -0.1) is 0 Å².